The lowest BCUT2D eigenvalue weighted by Gasteiger charge is -2.19. The van der Waals surface area contributed by atoms with Crippen molar-refractivity contribution < 1.29 is 37.6 Å². The van der Waals surface area contributed by atoms with Crippen LogP contribution in [0.5, 0.6) is 0 Å². The molecule has 0 radical (unpaired) electrons. The molecule has 10 heteroatoms. The highest BCUT2D eigenvalue weighted by Crippen LogP contribution is 2.43. The van der Waals surface area contributed by atoms with Gasteiger partial charge in [-0.3, -0.25) is 18.6 Å². The molecule has 0 bridgehead atoms. The molecule has 9 nitrogen and oxygen atoms in total. The van der Waals surface area contributed by atoms with Crippen LogP contribution in [-0.2, 0) is 32.7 Å². The third kappa shape index (κ3) is 57.3. The predicted molar refractivity (Wildman–Crippen MR) is 307 cm³/mol. The molecule has 0 saturated carbocycles. The molecule has 2 atom stereocenters. The molecule has 0 aromatic carbocycles. The summed E-state index contributed by atoms with van der Waals surface area (Å²) in [5.41, 5.74) is 5.38. The van der Waals surface area contributed by atoms with Crippen molar-refractivity contribution in [1.82, 2.24) is 0 Å². The van der Waals surface area contributed by atoms with Crippen molar-refractivity contribution >= 4 is 19.8 Å². The second-order valence-corrected chi connectivity index (χ2v) is 22.0. The Morgan fingerprint density at radius 3 is 1.08 bits per heavy atom. The van der Waals surface area contributed by atoms with E-state index < -0.39 is 26.5 Å². The smallest absolute Gasteiger partial charge is 0.462 e. The molecule has 0 aliphatic carbocycles. The minimum absolute atomic E-state index is 0.0535. The maximum atomic E-state index is 12.7. The molecule has 3 N–H and O–H groups in total. The number of allylic oxidation sites excluding steroid dienone is 8. The van der Waals surface area contributed by atoms with Gasteiger partial charge in [-0.25, -0.2) is 4.57 Å². The maximum absolute atomic E-state index is 12.7. The van der Waals surface area contributed by atoms with Crippen LogP contribution in [0.2, 0.25) is 0 Å². The molecule has 0 saturated heterocycles. The van der Waals surface area contributed by atoms with Crippen molar-refractivity contribution in [3.8, 4) is 0 Å². The van der Waals surface area contributed by atoms with Crippen molar-refractivity contribution in [3.63, 3.8) is 0 Å². The average Bonchev–Trinajstić information content (AvgIpc) is 3.37. The molecule has 422 valence electrons. The van der Waals surface area contributed by atoms with Crippen molar-refractivity contribution in [2.45, 2.75) is 309 Å². The molecule has 0 aromatic rings. The summed E-state index contributed by atoms with van der Waals surface area (Å²) in [6.07, 6.45) is 71.8. The summed E-state index contributed by atoms with van der Waals surface area (Å²) in [4.78, 5) is 35.2. The second kappa shape index (κ2) is 58.2. The Morgan fingerprint density at radius 2 is 0.722 bits per heavy atom. The van der Waals surface area contributed by atoms with E-state index in [9.17, 15) is 19.0 Å². The van der Waals surface area contributed by atoms with Crippen LogP contribution in [0.15, 0.2) is 48.6 Å². The summed E-state index contributed by atoms with van der Waals surface area (Å²) in [7, 11) is -4.39. The Kier molecular flexibility index (Phi) is 56.6. The molecule has 0 fully saturated rings. The number of carbonyl (C=O) groups excluding carboxylic acids is 2. The number of nitrogens with two attached hydrogens (primary N) is 1. The number of esters is 2. The van der Waals surface area contributed by atoms with E-state index in [2.05, 4.69) is 62.5 Å². The van der Waals surface area contributed by atoms with Gasteiger partial charge in [-0.05, 0) is 77.0 Å². The number of carbonyl (C=O) groups is 2. The quantitative estimate of drug-likeness (QED) is 0.0264. The third-order valence-corrected chi connectivity index (χ3v) is 14.4. The van der Waals surface area contributed by atoms with Crippen LogP contribution in [0.3, 0.4) is 0 Å². The summed E-state index contributed by atoms with van der Waals surface area (Å²) >= 11 is 0. The number of hydrogen-bond donors (Lipinski definition) is 2. The van der Waals surface area contributed by atoms with Gasteiger partial charge >= 0.3 is 19.8 Å². The van der Waals surface area contributed by atoms with Crippen LogP contribution in [-0.4, -0.2) is 49.3 Å². The van der Waals surface area contributed by atoms with E-state index in [1.54, 1.807) is 0 Å². The largest absolute Gasteiger partial charge is 0.472 e. The average molecular weight is 1030 g/mol. The fourth-order valence-electron chi connectivity index (χ4n) is 8.88. The number of phosphoric ester groups is 1. The molecule has 0 heterocycles. The fraction of sp³-hybridized carbons (Fsp3) is 0.839. The highest BCUT2D eigenvalue weighted by molar-refractivity contribution is 7.47. The summed E-state index contributed by atoms with van der Waals surface area (Å²) in [6, 6.07) is 0. The topological polar surface area (TPSA) is 134 Å². The van der Waals surface area contributed by atoms with E-state index in [0.717, 1.165) is 57.8 Å². The van der Waals surface area contributed by atoms with Crippen LogP contribution in [0, 0.1) is 0 Å². The number of ether oxygens (including phenoxy) is 2. The molecule has 0 aliphatic rings. The fourth-order valence-corrected chi connectivity index (χ4v) is 9.64. The van der Waals surface area contributed by atoms with Crippen LogP contribution in [0.25, 0.3) is 0 Å². The lowest BCUT2D eigenvalue weighted by molar-refractivity contribution is -0.161. The summed E-state index contributed by atoms with van der Waals surface area (Å²) in [6.45, 7) is 3.76. The SMILES string of the molecule is CCCCCCC/C=C\C/C=C\C/C=C\CCCCCCCCCCCCCCCCCCCCC(=O)OC(COC(=O)CCCCCCCCC/C=C\CCCCCCCCC)COP(=O)(O)OCCN. The van der Waals surface area contributed by atoms with Gasteiger partial charge in [0.15, 0.2) is 6.10 Å². The lowest BCUT2D eigenvalue weighted by Crippen LogP contribution is -2.29. The molecule has 0 aromatic heterocycles. The van der Waals surface area contributed by atoms with E-state index in [4.69, 9.17) is 24.3 Å². The minimum Gasteiger partial charge on any atom is -0.462 e. The van der Waals surface area contributed by atoms with E-state index >= 15 is 0 Å². The Bertz CT molecular complexity index is 1320. The zero-order valence-electron chi connectivity index (χ0n) is 47.2. The first-order chi connectivity index (χ1) is 35.3. The molecular weight excluding hydrogens is 918 g/mol. The Hall–Kier alpha value is -2.03. The molecule has 0 amide bonds. The summed E-state index contributed by atoms with van der Waals surface area (Å²) in [5.74, 6) is -0.820. The second-order valence-electron chi connectivity index (χ2n) is 20.6. The highest BCUT2D eigenvalue weighted by Gasteiger charge is 2.26. The van der Waals surface area contributed by atoms with Gasteiger partial charge in [-0.1, -0.05) is 262 Å². The van der Waals surface area contributed by atoms with Gasteiger partial charge in [0.2, 0.25) is 0 Å². The van der Waals surface area contributed by atoms with Crippen LogP contribution >= 0.6 is 7.82 Å². The zero-order chi connectivity index (χ0) is 52.4. The van der Waals surface area contributed by atoms with Gasteiger partial charge in [0.25, 0.3) is 0 Å². The van der Waals surface area contributed by atoms with Gasteiger partial charge in [0.05, 0.1) is 13.2 Å². The Morgan fingerprint density at radius 1 is 0.417 bits per heavy atom. The molecule has 0 rings (SSSR count). The van der Waals surface area contributed by atoms with E-state index in [0.29, 0.717) is 6.42 Å². The van der Waals surface area contributed by atoms with Gasteiger partial charge in [0, 0.05) is 19.4 Å². The maximum Gasteiger partial charge on any atom is 0.472 e. The van der Waals surface area contributed by atoms with Gasteiger partial charge in [0.1, 0.15) is 6.61 Å². The molecular formula is C62H116NO8P. The van der Waals surface area contributed by atoms with E-state index in [1.165, 1.54) is 212 Å². The first-order valence-corrected chi connectivity index (χ1v) is 32.1. The predicted octanol–water partition coefficient (Wildman–Crippen LogP) is 19.4. The van der Waals surface area contributed by atoms with Crippen molar-refractivity contribution in [2.75, 3.05) is 26.4 Å². The standard InChI is InChI=1S/C62H116NO8P/c1-3-5-7-9-11-13-15-17-19-21-23-24-25-26-27-28-29-30-31-32-33-34-35-36-37-39-41-43-45-47-49-51-53-55-62(65)71-60(59-70-72(66,67)69-57-56-63)58-68-61(64)54-52-50-48-46-44-42-40-38-22-20-18-16-14-12-10-8-6-4-2/h15,17,20-23,25-26,60H,3-14,16,18-19,24,27-59,63H2,1-2H3,(H,66,67)/b17-15-,22-20-,23-21-,26-25-. The van der Waals surface area contributed by atoms with Gasteiger partial charge in [-0.2, -0.15) is 0 Å². The number of unbranched alkanes of at least 4 members (excludes halogenated alkanes) is 37. The normalized spacial score (nSPS) is 13.3. The van der Waals surface area contributed by atoms with Crippen molar-refractivity contribution in [3.05, 3.63) is 48.6 Å². The van der Waals surface area contributed by atoms with Crippen molar-refractivity contribution in [2.24, 2.45) is 5.73 Å². The van der Waals surface area contributed by atoms with Crippen molar-refractivity contribution in [1.29, 1.82) is 0 Å². The van der Waals surface area contributed by atoms with E-state index in [-0.39, 0.29) is 38.6 Å². The molecule has 0 spiro atoms. The number of rotatable bonds is 58. The minimum atomic E-state index is -4.39. The Labute approximate surface area is 445 Å². The zero-order valence-corrected chi connectivity index (χ0v) is 48.1. The Balaban J connectivity index is 3.88. The first kappa shape index (κ1) is 70.0. The highest BCUT2D eigenvalue weighted by atomic mass is 31.2. The number of hydrogen-bond acceptors (Lipinski definition) is 8. The first-order valence-electron chi connectivity index (χ1n) is 30.6. The molecule has 0 aliphatic heterocycles. The summed E-state index contributed by atoms with van der Waals surface area (Å²) < 4.78 is 33.1. The van der Waals surface area contributed by atoms with Gasteiger partial charge in [-0.15, -0.1) is 0 Å². The van der Waals surface area contributed by atoms with Crippen LogP contribution in [0.4, 0.5) is 0 Å². The lowest BCUT2D eigenvalue weighted by atomic mass is 10.0. The molecule has 2 unspecified atom stereocenters. The molecule has 72 heavy (non-hydrogen) atoms. The third-order valence-electron chi connectivity index (χ3n) is 13.4. The monoisotopic (exact) mass is 1030 g/mol. The van der Waals surface area contributed by atoms with E-state index in [1.807, 2.05) is 0 Å². The summed E-state index contributed by atoms with van der Waals surface area (Å²) in [5, 5.41) is 0. The van der Waals surface area contributed by atoms with Crippen LogP contribution < -0.4 is 5.73 Å². The number of phosphoric acid groups is 1. The van der Waals surface area contributed by atoms with Crippen LogP contribution in [0.1, 0.15) is 303 Å². The van der Waals surface area contributed by atoms with Gasteiger partial charge < -0.3 is 20.1 Å².